The van der Waals surface area contributed by atoms with Crippen LogP contribution in [0.3, 0.4) is 0 Å². The summed E-state index contributed by atoms with van der Waals surface area (Å²) >= 11 is 6.45. The molecule has 2 heteroatoms. The van der Waals surface area contributed by atoms with Crippen LogP contribution >= 0.6 is 11.6 Å². The zero-order chi connectivity index (χ0) is 20.7. The lowest BCUT2D eigenvalue weighted by Crippen LogP contribution is -2.44. The molecule has 1 aromatic carbocycles. The average molecular weight is 400 g/mol. The minimum absolute atomic E-state index is 0.0166. The number of benzene rings is 1. The number of fused-ring (bicyclic) bond motifs is 1. The molecule has 2 unspecified atom stereocenters. The summed E-state index contributed by atoms with van der Waals surface area (Å²) in [5.41, 5.74) is 6.57. The van der Waals surface area contributed by atoms with Gasteiger partial charge >= 0.3 is 0 Å². The summed E-state index contributed by atoms with van der Waals surface area (Å²) in [5.74, 6) is 1.55. The van der Waals surface area contributed by atoms with Gasteiger partial charge in [-0.05, 0) is 105 Å². The van der Waals surface area contributed by atoms with E-state index in [1.165, 1.54) is 54.5 Å². The first kappa shape index (κ1) is 21.5. The second-order valence-electron chi connectivity index (χ2n) is 10.4. The average Bonchev–Trinajstić information content (AvgIpc) is 2.55. The molecule has 1 aliphatic carbocycles. The molecule has 0 aromatic heterocycles. The fourth-order valence-electron chi connectivity index (χ4n) is 5.89. The predicted octanol–water partition coefficient (Wildman–Crippen LogP) is 7.71. The van der Waals surface area contributed by atoms with E-state index in [2.05, 4.69) is 71.6 Å². The largest absolute Gasteiger partial charge is 0.379 e. The lowest BCUT2D eigenvalue weighted by atomic mass is 9.61. The van der Waals surface area contributed by atoms with Crippen LogP contribution in [0.1, 0.15) is 83.4 Å². The van der Waals surface area contributed by atoms with Crippen molar-refractivity contribution in [3.63, 3.8) is 0 Å². The molecule has 0 bridgehead atoms. The van der Waals surface area contributed by atoms with Crippen molar-refractivity contribution in [1.82, 2.24) is 5.32 Å². The molecule has 154 valence electrons. The van der Waals surface area contributed by atoms with Crippen molar-refractivity contribution in [2.24, 2.45) is 17.3 Å². The van der Waals surface area contributed by atoms with E-state index in [1.807, 2.05) is 0 Å². The smallest absolute Gasteiger partial charge is 0.0438 e. The maximum Gasteiger partial charge on any atom is 0.0438 e. The normalized spacial score (nSPS) is 30.6. The quantitative estimate of drug-likeness (QED) is 0.546. The van der Waals surface area contributed by atoms with E-state index >= 15 is 0 Å². The Morgan fingerprint density at radius 3 is 2.50 bits per heavy atom. The van der Waals surface area contributed by atoms with E-state index in [-0.39, 0.29) is 11.0 Å². The van der Waals surface area contributed by atoms with Crippen LogP contribution in [0.15, 0.2) is 30.4 Å². The number of aryl methyl sites for hydroxylation is 1. The van der Waals surface area contributed by atoms with Gasteiger partial charge in [-0.25, -0.2) is 0 Å². The highest BCUT2D eigenvalue weighted by atomic mass is 35.5. The number of hydrogen-bond donors (Lipinski definition) is 1. The number of nitrogens with one attached hydrogen (secondary N) is 1. The molecule has 1 fully saturated rings. The van der Waals surface area contributed by atoms with E-state index in [0.717, 1.165) is 28.8 Å². The van der Waals surface area contributed by atoms with Crippen LogP contribution < -0.4 is 5.32 Å². The minimum atomic E-state index is 0.0166. The Balaban J connectivity index is 2.04. The van der Waals surface area contributed by atoms with Gasteiger partial charge in [-0.15, -0.1) is 0 Å². The van der Waals surface area contributed by atoms with Gasteiger partial charge in [0.05, 0.1) is 0 Å². The van der Waals surface area contributed by atoms with Gasteiger partial charge in [0.2, 0.25) is 0 Å². The van der Waals surface area contributed by atoms with Crippen molar-refractivity contribution in [1.29, 1.82) is 0 Å². The van der Waals surface area contributed by atoms with Crippen LogP contribution in [0.4, 0.5) is 0 Å². The molecular formula is C26H38ClN. The molecule has 1 aliphatic heterocycles. The van der Waals surface area contributed by atoms with E-state index in [1.54, 1.807) is 0 Å². The van der Waals surface area contributed by atoms with E-state index < -0.39 is 0 Å². The highest BCUT2D eigenvalue weighted by molar-refractivity contribution is 6.31. The Morgan fingerprint density at radius 2 is 1.89 bits per heavy atom. The lowest BCUT2D eigenvalue weighted by Gasteiger charge is -2.44. The third kappa shape index (κ3) is 4.35. The van der Waals surface area contributed by atoms with Crippen molar-refractivity contribution in [3.05, 3.63) is 52.1 Å². The highest BCUT2D eigenvalue weighted by Crippen LogP contribution is 2.50. The lowest BCUT2D eigenvalue weighted by molar-refractivity contribution is 0.133. The summed E-state index contributed by atoms with van der Waals surface area (Å²) in [4.78, 5) is 0. The Morgan fingerprint density at radius 1 is 1.25 bits per heavy atom. The van der Waals surface area contributed by atoms with Gasteiger partial charge in [-0.2, -0.15) is 0 Å². The third-order valence-corrected chi connectivity index (χ3v) is 7.20. The molecule has 0 spiro atoms. The molecule has 0 radical (unpaired) electrons. The maximum atomic E-state index is 6.45. The molecular weight excluding hydrogens is 362 g/mol. The molecule has 2 aliphatic rings. The SMILES string of the molecule is C=C(/C=C1\NC(C)(C)Cc2cc(Cl)c(C)cc21)C1(CCC)CC(C)CC(C)C1. The summed E-state index contributed by atoms with van der Waals surface area (Å²) in [6.07, 6.45) is 9.69. The zero-order valence-corrected chi connectivity index (χ0v) is 19.5. The van der Waals surface area contributed by atoms with Crippen LogP contribution in [0, 0.1) is 24.2 Å². The second kappa shape index (κ2) is 7.90. The maximum absolute atomic E-state index is 6.45. The Kier molecular flexibility index (Phi) is 6.07. The first-order valence-corrected chi connectivity index (χ1v) is 11.4. The third-order valence-electron chi connectivity index (χ3n) is 6.79. The molecule has 3 rings (SSSR count). The minimum Gasteiger partial charge on any atom is -0.379 e. The molecule has 1 nitrogen and oxygen atoms in total. The van der Waals surface area contributed by atoms with Gasteiger partial charge in [-0.1, -0.05) is 45.4 Å². The Labute approximate surface area is 177 Å². The highest BCUT2D eigenvalue weighted by Gasteiger charge is 2.39. The first-order valence-electron chi connectivity index (χ1n) is 11.0. The summed E-state index contributed by atoms with van der Waals surface area (Å²) in [6.45, 7) is 18.4. The van der Waals surface area contributed by atoms with Gasteiger partial charge < -0.3 is 5.32 Å². The standard InChI is InChI=1S/C26H38ClN/c1-8-9-26(14-17(2)10-18(3)15-26)20(5)12-24-22-11-19(4)23(27)13-21(22)16-25(6,7)28-24/h11-13,17-18,28H,5,8-10,14-16H2,1-4,6-7H3/b24-12-. The van der Waals surface area contributed by atoms with Crippen molar-refractivity contribution in [2.75, 3.05) is 0 Å². The van der Waals surface area contributed by atoms with E-state index in [4.69, 9.17) is 11.6 Å². The van der Waals surface area contributed by atoms with Crippen LogP contribution in [0.25, 0.3) is 5.70 Å². The van der Waals surface area contributed by atoms with Gasteiger partial charge in [0.25, 0.3) is 0 Å². The molecule has 0 amide bonds. The summed E-state index contributed by atoms with van der Waals surface area (Å²) in [7, 11) is 0. The fraction of sp³-hybridized carbons (Fsp3) is 0.615. The fourth-order valence-corrected chi connectivity index (χ4v) is 6.08. The van der Waals surface area contributed by atoms with Crippen molar-refractivity contribution in [3.8, 4) is 0 Å². The van der Waals surface area contributed by atoms with Crippen LogP contribution in [0.2, 0.25) is 5.02 Å². The molecule has 0 saturated heterocycles. The molecule has 1 N–H and O–H groups in total. The molecule has 1 aromatic rings. The van der Waals surface area contributed by atoms with Gasteiger partial charge in [-0.3, -0.25) is 0 Å². The predicted molar refractivity (Wildman–Crippen MR) is 124 cm³/mol. The summed E-state index contributed by atoms with van der Waals surface area (Å²) in [5, 5.41) is 4.67. The Bertz CT molecular complexity index is 776. The van der Waals surface area contributed by atoms with Crippen molar-refractivity contribution in [2.45, 2.75) is 85.6 Å². The topological polar surface area (TPSA) is 12.0 Å². The number of allylic oxidation sites excluding steroid dienone is 2. The van der Waals surface area contributed by atoms with Gasteiger partial charge in [0, 0.05) is 21.8 Å². The van der Waals surface area contributed by atoms with Crippen LogP contribution in [-0.2, 0) is 6.42 Å². The second-order valence-corrected chi connectivity index (χ2v) is 10.8. The van der Waals surface area contributed by atoms with Crippen molar-refractivity contribution >= 4 is 17.3 Å². The first-order chi connectivity index (χ1) is 13.0. The number of halogens is 1. The van der Waals surface area contributed by atoms with Gasteiger partial charge in [0.15, 0.2) is 0 Å². The Hall–Kier alpha value is -1.21. The zero-order valence-electron chi connectivity index (χ0n) is 18.7. The van der Waals surface area contributed by atoms with Crippen LogP contribution in [-0.4, -0.2) is 5.54 Å². The summed E-state index contributed by atoms with van der Waals surface area (Å²) < 4.78 is 0. The molecule has 2 atom stereocenters. The van der Waals surface area contributed by atoms with E-state index in [0.29, 0.717) is 0 Å². The molecule has 1 saturated carbocycles. The van der Waals surface area contributed by atoms with Crippen LogP contribution in [0.5, 0.6) is 0 Å². The van der Waals surface area contributed by atoms with E-state index in [9.17, 15) is 0 Å². The molecule has 28 heavy (non-hydrogen) atoms. The summed E-state index contributed by atoms with van der Waals surface area (Å²) in [6, 6.07) is 4.41. The van der Waals surface area contributed by atoms with Crippen molar-refractivity contribution < 1.29 is 0 Å². The molecule has 1 heterocycles. The number of hydrogen-bond acceptors (Lipinski definition) is 1. The van der Waals surface area contributed by atoms with Gasteiger partial charge in [0.1, 0.15) is 0 Å². The number of rotatable bonds is 4. The monoisotopic (exact) mass is 399 g/mol.